The van der Waals surface area contributed by atoms with Crippen LogP contribution in [0.1, 0.15) is 24.2 Å². The van der Waals surface area contributed by atoms with Crippen molar-refractivity contribution in [1.29, 1.82) is 0 Å². The van der Waals surface area contributed by atoms with Gasteiger partial charge in [0.1, 0.15) is 0 Å². The van der Waals surface area contributed by atoms with Gasteiger partial charge in [-0.1, -0.05) is 12.1 Å². The molecule has 0 heterocycles. The molecular formula is C12H14BrNO3. The van der Waals surface area contributed by atoms with Crippen molar-refractivity contribution in [3.8, 4) is 0 Å². The standard InChI is InChI=1S/C12H14BrNO3/c1-3-14-11(15)8(2)17-12(16)9-6-4-5-7-10(9)13/h4-8H,3H2,1-2H3,(H,14,15)/t8-/m0/s1. The molecule has 4 nitrogen and oxygen atoms in total. The van der Waals surface area contributed by atoms with E-state index in [1.165, 1.54) is 0 Å². The lowest BCUT2D eigenvalue weighted by molar-refractivity contribution is -0.128. The van der Waals surface area contributed by atoms with E-state index in [2.05, 4.69) is 21.2 Å². The molecule has 0 fully saturated rings. The molecule has 1 aromatic carbocycles. The number of likely N-dealkylation sites (N-methyl/N-ethyl adjacent to an activating group) is 1. The molecule has 0 aromatic heterocycles. The van der Waals surface area contributed by atoms with E-state index in [1.54, 1.807) is 38.1 Å². The number of esters is 1. The normalized spacial score (nSPS) is 11.7. The minimum absolute atomic E-state index is 0.298. The average molecular weight is 300 g/mol. The predicted molar refractivity (Wildman–Crippen MR) is 67.7 cm³/mol. The lowest BCUT2D eigenvalue weighted by Crippen LogP contribution is -2.35. The van der Waals surface area contributed by atoms with Crippen molar-refractivity contribution in [3.05, 3.63) is 34.3 Å². The average Bonchev–Trinajstić information content (AvgIpc) is 2.29. The Hall–Kier alpha value is -1.36. The number of carbonyl (C=O) groups excluding carboxylic acids is 2. The second kappa shape index (κ2) is 6.39. The van der Waals surface area contributed by atoms with Crippen LogP contribution in [0, 0.1) is 0 Å². The summed E-state index contributed by atoms with van der Waals surface area (Å²) in [6.07, 6.45) is -0.797. The summed E-state index contributed by atoms with van der Waals surface area (Å²) in [5, 5.41) is 2.59. The van der Waals surface area contributed by atoms with Crippen LogP contribution in [-0.4, -0.2) is 24.5 Å². The molecule has 0 saturated carbocycles. The minimum atomic E-state index is -0.797. The molecule has 5 heteroatoms. The van der Waals surface area contributed by atoms with Crippen LogP contribution in [-0.2, 0) is 9.53 Å². The highest BCUT2D eigenvalue weighted by Gasteiger charge is 2.19. The molecule has 0 aliphatic carbocycles. The molecule has 1 atom stereocenters. The third-order valence-corrected chi connectivity index (χ3v) is 2.79. The fourth-order valence-electron chi connectivity index (χ4n) is 1.22. The monoisotopic (exact) mass is 299 g/mol. The van der Waals surface area contributed by atoms with Crippen LogP contribution in [0.4, 0.5) is 0 Å². The lowest BCUT2D eigenvalue weighted by atomic mass is 10.2. The maximum atomic E-state index is 11.8. The van der Waals surface area contributed by atoms with E-state index in [0.717, 1.165) is 0 Å². The van der Waals surface area contributed by atoms with Crippen LogP contribution in [0.5, 0.6) is 0 Å². The van der Waals surface area contributed by atoms with E-state index < -0.39 is 12.1 Å². The number of hydrogen-bond acceptors (Lipinski definition) is 3. The molecule has 1 rings (SSSR count). The van der Waals surface area contributed by atoms with Gasteiger partial charge in [0.05, 0.1) is 5.56 Å². The quantitative estimate of drug-likeness (QED) is 0.867. The van der Waals surface area contributed by atoms with Crippen molar-refractivity contribution in [2.75, 3.05) is 6.54 Å². The van der Waals surface area contributed by atoms with Crippen LogP contribution in [0.3, 0.4) is 0 Å². The number of amides is 1. The van der Waals surface area contributed by atoms with Gasteiger partial charge < -0.3 is 10.1 Å². The zero-order valence-electron chi connectivity index (χ0n) is 9.70. The first-order valence-corrected chi connectivity index (χ1v) is 6.08. The highest BCUT2D eigenvalue weighted by Crippen LogP contribution is 2.17. The van der Waals surface area contributed by atoms with Gasteiger partial charge >= 0.3 is 5.97 Å². The largest absolute Gasteiger partial charge is 0.449 e. The number of halogens is 1. The molecule has 92 valence electrons. The van der Waals surface area contributed by atoms with E-state index in [0.29, 0.717) is 16.6 Å². The van der Waals surface area contributed by atoms with Crippen molar-refractivity contribution < 1.29 is 14.3 Å². The Balaban J connectivity index is 2.67. The summed E-state index contributed by atoms with van der Waals surface area (Å²) in [7, 11) is 0. The Morgan fingerprint density at radius 1 is 1.41 bits per heavy atom. The Bertz CT molecular complexity index is 420. The highest BCUT2D eigenvalue weighted by molar-refractivity contribution is 9.10. The maximum absolute atomic E-state index is 11.8. The predicted octanol–water partition coefficient (Wildman–Crippen LogP) is 2.13. The van der Waals surface area contributed by atoms with Crippen LogP contribution in [0.15, 0.2) is 28.7 Å². The minimum Gasteiger partial charge on any atom is -0.449 e. The van der Waals surface area contributed by atoms with Crippen molar-refractivity contribution >= 4 is 27.8 Å². The van der Waals surface area contributed by atoms with Crippen molar-refractivity contribution in [1.82, 2.24) is 5.32 Å². The smallest absolute Gasteiger partial charge is 0.340 e. The number of benzene rings is 1. The molecule has 0 spiro atoms. The summed E-state index contributed by atoms with van der Waals surface area (Å²) in [5.41, 5.74) is 0.406. The fourth-order valence-corrected chi connectivity index (χ4v) is 1.67. The zero-order chi connectivity index (χ0) is 12.8. The first-order valence-electron chi connectivity index (χ1n) is 5.29. The van der Waals surface area contributed by atoms with Crippen LogP contribution >= 0.6 is 15.9 Å². The number of rotatable bonds is 4. The summed E-state index contributed by atoms with van der Waals surface area (Å²) in [4.78, 5) is 23.1. The fraction of sp³-hybridized carbons (Fsp3) is 0.333. The third kappa shape index (κ3) is 3.85. The summed E-state index contributed by atoms with van der Waals surface area (Å²) in [6.45, 7) is 3.86. The lowest BCUT2D eigenvalue weighted by Gasteiger charge is -2.13. The molecule has 17 heavy (non-hydrogen) atoms. The first kappa shape index (κ1) is 13.7. The summed E-state index contributed by atoms with van der Waals surface area (Å²) in [5.74, 6) is -0.816. The van der Waals surface area contributed by atoms with E-state index >= 15 is 0 Å². The number of nitrogens with one attached hydrogen (secondary N) is 1. The Kier molecular flexibility index (Phi) is 5.15. The van der Waals surface area contributed by atoms with Gasteiger partial charge in [0.15, 0.2) is 6.10 Å². The Morgan fingerprint density at radius 3 is 2.65 bits per heavy atom. The van der Waals surface area contributed by atoms with E-state index in [4.69, 9.17) is 4.74 Å². The number of hydrogen-bond donors (Lipinski definition) is 1. The number of carbonyl (C=O) groups is 2. The first-order chi connectivity index (χ1) is 8.06. The van der Waals surface area contributed by atoms with Crippen molar-refractivity contribution in [2.24, 2.45) is 0 Å². The van der Waals surface area contributed by atoms with Crippen LogP contribution in [0.2, 0.25) is 0 Å². The second-order valence-electron chi connectivity index (χ2n) is 3.42. The van der Waals surface area contributed by atoms with E-state index in [9.17, 15) is 9.59 Å². The zero-order valence-corrected chi connectivity index (χ0v) is 11.3. The van der Waals surface area contributed by atoms with Gasteiger partial charge in [-0.2, -0.15) is 0 Å². The molecule has 0 bridgehead atoms. The molecule has 1 amide bonds. The SMILES string of the molecule is CCNC(=O)[C@H](C)OC(=O)c1ccccc1Br. The van der Waals surface area contributed by atoms with Gasteiger partial charge in [-0.05, 0) is 41.9 Å². The van der Waals surface area contributed by atoms with E-state index in [1.807, 2.05) is 0 Å². The van der Waals surface area contributed by atoms with E-state index in [-0.39, 0.29) is 5.91 Å². The molecule has 1 aromatic rings. The molecule has 0 unspecified atom stereocenters. The summed E-state index contributed by atoms with van der Waals surface area (Å²) >= 11 is 3.25. The van der Waals surface area contributed by atoms with Gasteiger partial charge in [0.25, 0.3) is 5.91 Å². The summed E-state index contributed by atoms with van der Waals surface area (Å²) < 4.78 is 5.70. The summed E-state index contributed by atoms with van der Waals surface area (Å²) in [6, 6.07) is 6.91. The molecule has 1 N–H and O–H groups in total. The van der Waals surface area contributed by atoms with Crippen LogP contribution in [0.25, 0.3) is 0 Å². The number of ether oxygens (including phenoxy) is 1. The highest BCUT2D eigenvalue weighted by atomic mass is 79.9. The van der Waals surface area contributed by atoms with Gasteiger partial charge in [0.2, 0.25) is 0 Å². The molecule has 0 aliphatic heterocycles. The van der Waals surface area contributed by atoms with Crippen molar-refractivity contribution in [3.63, 3.8) is 0 Å². The molecule has 0 radical (unpaired) electrons. The Labute approximate surface area is 108 Å². The van der Waals surface area contributed by atoms with Crippen LogP contribution < -0.4 is 5.32 Å². The van der Waals surface area contributed by atoms with Gasteiger partial charge in [0, 0.05) is 11.0 Å². The van der Waals surface area contributed by atoms with Gasteiger partial charge in [-0.15, -0.1) is 0 Å². The molecule has 0 aliphatic rings. The topological polar surface area (TPSA) is 55.4 Å². The molecule has 0 saturated heterocycles. The third-order valence-electron chi connectivity index (χ3n) is 2.10. The Morgan fingerprint density at radius 2 is 2.06 bits per heavy atom. The van der Waals surface area contributed by atoms with Gasteiger partial charge in [-0.3, -0.25) is 4.79 Å². The molecular weight excluding hydrogens is 286 g/mol. The second-order valence-corrected chi connectivity index (χ2v) is 4.28. The maximum Gasteiger partial charge on any atom is 0.340 e. The van der Waals surface area contributed by atoms with Gasteiger partial charge in [-0.25, -0.2) is 4.79 Å². The van der Waals surface area contributed by atoms with Crippen molar-refractivity contribution in [2.45, 2.75) is 20.0 Å².